The number of ether oxygens (including phenoxy) is 1. The van der Waals surface area contributed by atoms with Gasteiger partial charge < -0.3 is 9.30 Å². The second-order valence-corrected chi connectivity index (χ2v) is 7.06. The van der Waals surface area contributed by atoms with E-state index >= 15 is 0 Å². The average Bonchev–Trinajstić information content (AvgIpc) is 2.94. The molecular formula is C22H21N3O4. The SMILES string of the molecule is O=C(OCc1cccc([N+](=O)[O-])c1)c1nc(-c2ccccc2)n2c1CCCCC2. The van der Waals surface area contributed by atoms with Crippen molar-refractivity contribution in [2.24, 2.45) is 0 Å². The van der Waals surface area contributed by atoms with Crippen LogP contribution in [0.2, 0.25) is 0 Å². The van der Waals surface area contributed by atoms with Crippen molar-refractivity contribution in [2.75, 3.05) is 0 Å². The van der Waals surface area contributed by atoms with Gasteiger partial charge in [0, 0.05) is 24.2 Å². The maximum Gasteiger partial charge on any atom is 0.359 e. The van der Waals surface area contributed by atoms with Gasteiger partial charge in [-0.3, -0.25) is 10.1 Å². The van der Waals surface area contributed by atoms with Crippen LogP contribution in [0.15, 0.2) is 54.6 Å². The van der Waals surface area contributed by atoms with Gasteiger partial charge in [0.25, 0.3) is 5.69 Å². The molecule has 7 heteroatoms. The van der Waals surface area contributed by atoms with Crippen molar-refractivity contribution in [3.63, 3.8) is 0 Å². The lowest BCUT2D eigenvalue weighted by molar-refractivity contribution is -0.384. The van der Waals surface area contributed by atoms with Gasteiger partial charge in [-0.2, -0.15) is 0 Å². The summed E-state index contributed by atoms with van der Waals surface area (Å²) in [4.78, 5) is 27.9. The second-order valence-electron chi connectivity index (χ2n) is 7.06. The number of carbonyl (C=O) groups excluding carboxylic acids is 1. The number of benzene rings is 2. The second kappa shape index (κ2) is 8.26. The lowest BCUT2D eigenvalue weighted by atomic mass is 10.1. The van der Waals surface area contributed by atoms with Crippen LogP contribution in [-0.2, 0) is 24.3 Å². The standard InChI is InChI=1S/C22H21N3O4/c26-22(29-15-16-8-7-11-18(14-16)25(27)28)20-19-12-5-2-6-13-24(19)21(23-20)17-9-3-1-4-10-17/h1,3-4,7-11,14H,2,5-6,12-13,15H2. The maximum absolute atomic E-state index is 12.8. The van der Waals surface area contributed by atoms with Crippen LogP contribution in [0.1, 0.15) is 41.0 Å². The predicted octanol–water partition coefficient (Wildman–Crippen LogP) is 4.54. The molecule has 7 nitrogen and oxygen atoms in total. The Morgan fingerprint density at radius 1 is 1.10 bits per heavy atom. The van der Waals surface area contributed by atoms with E-state index in [9.17, 15) is 14.9 Å². The Labute approximate surface area is 168 Å². The summed E-state index contributed by atoms with van der Waals surface area (Å²) in [6.45, 7) is 0.790. The topological polar surface area (TPSA) is 87.3 Å². The van der Waals surface area contributed by atoms with Crippen LogP contribution in [0.5, 0.6) is 0 Å². The Morgan fingerprint density at radius 3 is 2.72 bits per heavy atom. The number of fused-ring (bicyclic) bond motifs is 1. The van der Waals surface area contributed by atoms with Crippen LogP contribution in [0, 0.1) is 10.1 Å². The third-order valence-electron chi connectivity index (χ3n) is 5.08. The maximum atomic E-state index is 12.8. The first-order chi connectivity index (χ1) is 14.1. The summed E-state index contributed by atoms with van der Waals surface area (Å²) >= 11 is 0. The fourth-order valence-electron chi connectivity index (χ4n) is 3.67. The number of aromatic nitrogens is 2. The molecule has 0 bridgehead atoms. The predicted molar refractivity (Wildman–Crippen MR) is 107 cm³/mol. The summed E-state index contributed by atoms with van der Waals surface area (Å²) in [7, 11) is 0. The number of hydrogen-bond donors (Lipinski definition) is 0. The van der Waals surface area contributed by atoms with Gasteiger partial charge in [-0.1, -0.05) is 48.9 Å². The molecule has 0 fully saturated rings. The van der Waals surface area contributed by atoms with E-state index in [1.165, 1.54) is 12.1 Å². The van der Waals surface area contributed by atoms with Crippen molar-refractivity contribution in [3.05, 3.63) is 81.7 Å². The first kappa shape index (κ1) is 18.9. The average molecular weight is 391 g/mol. The molecule has 0 spiro atoms. The summed E-state index contributed by atoms with van der Waals surface area (Å²) in [5.41, 5.74) is 2.76. The van der Waals surface area contributed by atoms with Gasteiger partial charge in [0.15, 0.2) is 5.69 Å². The van der Waals surface area contributed by atoms with Crippen LogP contribution in [0.3, 0.4) is 0 Å². The zero-order valence-corrected chi connectivity index (χ0v) is 15.9. The number of imidazole rings is 1. The van der Waals surface area contributed by atoms with E-state index in [0.717, 1.165) is 49.3 Å². The molecule has 1 aliphatic rings. The minimum atomic E-state index is -0.496. The highest BCUT2D eigenvalue weighted by Gasteiger charge is 2.25. The number of esters is 1. The van der Waals surface area contributed by atoms with Gasteiger partial charge >= 0.3 is 5.97 Å². The molecule has 29 heavy (non-hydrogen) atoms. The zero-order chi connectivity index (χ0) is 20.2. The van der Waals surface area contributed by atoms with Crippen LogP contribution in [0.25, 0.3) is 11.4 Å². The summed E-state index contributed by atoms with van der Waals surface area (Å²) in [5.74, 6) is 0.286. The lowest BCUT2D eigenvalue weighted by Crippen LogP contribution is -2.10. The molecule has 3 aromatic rings. The van der Waals surface area contributed by atoms with Crippen molar-refractivity contribution in [2.45, 2.75) is 38.8 Å². The minimum Gasteiger partial charge on any atom is -0.456 e. The van der Waals surface area contributed by atoms with Gasteiger partial charge in [-0.15, -0.1) is 0 Å². The number of non-ortho nitro benzene ring substituents is 1. The fraction of sp³-hybridized carbons (Fsp3) is 0.273. The van der Waals surface area contributed by atoms with E-state index in [2.05, 4.69) is 9.55 Å². The number of nitrogens with zero attached hydrogens (tertiary/aromatic N) is 3. The molecule has 148 valence electrons. The van der Waals surface area contributed by atoms with Crippen LogP contribution in [0.4, 0.5) is 5.69 Å². The van der Waals surface area contributed by atoms with Gasteiger partial charge in [0.2, 0.25) is 0 Å². The molecule has 0 unspecified atom stereocenters. The fourth-order valence-corrected chi connectivity index (χ4v) is 3.67. The van der Waals surface area contributed by atoms with Gasteiger partial charge in [0.05, 0.1) is 10.6 Å². The minimum absolute atomic E-state index is 0.0271. The summed E-state index contributed by atoms with van der Waals surface area (Å²) < 4.78 is 7.60. The Bertz CT molecular complexity index is 1040. The Morgan fingerprint density at radius 2 is 1.93 bits per heavy atom. The first-order valence-electron chi connectivity index (χ1n) is 9.69. The van der Waals surface area contributed by atoms with Crippen LogP contribution >= 0.6 is 0 Å². The third kappa shape index (κ3) is 4.03. The first-order valence-corrected chi connectivity index (χ1v) is 9.69. The van der Waals surface area contributed by atoms with Crippen LogP contribution in [-0.4, -0.2) is 20.4 Å². The normalized spacial score (nSPS) is 13.4. The quantitative estimate of drug-likeness (QED) is 0.362. The Hall–Kier alpha value is -3.48. The number of rotatable bonds is 5. The van der Waals surface area contributed by atoms with Gasteiger partial charge in [0.1, 0.15) is 12.4 Å². The van der Waals surface area contributed by atoms with Crippen molar-refractivity contribution >= 4 is 11.7 Å². The molecule has 2 heterocycles. The highest BCUT2D eigenvalue weighted by molar-refractivity contribution is 5.89. The number of hydrogen-bond acceptors (Lipinski definition) is 5. The number of nitro benzene ring substituents is 1. The Kier molecular flexibility index (Phi) is 5.37. The van der Waals surface area contributed by atoms with E-state index < -0.39 is 10.9 Å². The van der Waals surface area contributed by atoms with E-state index in [4.69, 9.17) is 4.74 Å². The monoisotopic (exact) mass is 391 g/mol. The largest absolute Gasteiger partial charge is 0.456 e. The smallest absolute Gasteiger partial charge is 0.359 e. The van der Waals surface area contributed by atoms with Crippen molar-refractivity contribution < 1.29 is 14.5 Å². The van der Waals surface area contributed by atoms with Gasteiger partial charge in [-0.25, -0.2) is 9.78 Å². The van der Waals surface area contributed by atoms with Crippen molar-refractivity contribution in [1.82, 2.24) is 9.55 Å². The molecule has 0 radical (unpaired) electrons. The summed E-state index contributed by atoms with van der Waals surface area (Å²) in [6, 6.07) is 15.9. The van der Waals surface area contributed by atoms with Crippen molar-refractivity contribution in [3.8, 4) is 11.4 Å². The van der Waals surface area contributed by atoms with Crippen molar-refractivity contribution in [1.29, 1.82) is 0 Å². The van der Waals surface area contributed by atoms with E-state index in [1.54, 1.807) is 12.1 Å². The molecule has 0 saturated carbocycles. The molecule has 0 amide bonds. The molecule has 0 N–H and O–H groups in total. The Balaban J connectivity index is 1.61. The molecule has 1 aliphatic heterocycles. The molecule has 4 rings (SSSR count). The van der Waals surface area contributed by atoms with Gasteiger partial charge in [-0.05, 0) is 24.8 Å². The van der Waals surface area contributed by atoms with E-state index in [-0.39, 0.29) is 12.3 Å². The summed E-state index contributed by atoms with van der Waals surface area (Å²) in [6.07, 6.45) is 3.94. The highest BCUT2D eigenvalue weighted by Crippen LogP contribution is 2.27. The van der Waals surface area contributed by atoms with Crippen LogP contribution < -0.4 is 0 Å². The molecular weight excluding hydrogens is 370 g/mol. The zero-order valence-electron chi connectivity index (χ0n) is 15.9. The van der Waals surface area contributed by atoms with E-state index in [0.29, 0.717) is 11.3 Å². The third-order valence-corrected chi connectivity index (χ3v) is 5.08. The summed E-state index contributed by atoms with van der Waals surface area (Å²) in [5, 5.41) is 10.9. The molecule has 0 saturated heterocycles. The molecule has 2 aromatic carbocycles. The number of carbonyl (C=O) groups is 1. The number of nitro groups is 1. The molecule has 0 atom stereocenters. The lowest BCUT2D eigenvalue weighted by Gasteiger charge is -2.09. The highest BCUT2D eigenvalue weighted by atomic mass is 16.6. The molecule has 1 aromatic heterocycles. The van der Waals surface area contributed by atoms with E-state index in [1.807, 2.05) is 30.3 Å². The molecule has 0 aliphatic carbocycles.